The molecule has 2 aromatic carbocycles. The Morgan fingerprint density at radius 1 is 1.10 bits per heavy atom. The number of hydrogen-bond donors (Lipinski definition) is 1. The van der Waals surface area contributed by atoms with Crippen molar-refractivity contribution in [2.45, 2.75) is 12.5 Å². The van der Waals surface area contributed by atoms with Gasteiger partial charge in [-0.1, -0.05) is 34.8 Å². The van der Waals surface area contributed by atoms with Crippen molar-refractivity contribution in [3.63, 3.8) is 0 Å². The van der Waals surface area contributed by atoms with E-state index in [1.54, 1.807) is 6.07 Å². The second-order valence-electron chi connectivity index (χ2n) is 4.76. The molecule has 1 unspecified atom stereocenters. The summed E-state index contributed by atoms with van der Waals surface area (Å²) in [5, 5.41) is 5.31. The van der Waals surface area contributed by atoms with Gasteiger partial charge in [0.1, 0.15) is 5.75 Å². The van der Waals surface area contributed by atoms with Crippen molar-refractivity contribution in [2.75, 3.05) is 11.9 Å². The number of rotatable bonds is 2. The molecule has 21 heavy (non-hydrogen) atoms. The number of halogens is 4. The van der Waals surface area contributed by atoms with Crippen molar-refractivity contribution in [1.82, 2.24) is 0 Å². The van der Waals surface area contributed by atoms with E-state index in [1.807, 2.05) is 24.3 Å². The molecule has 6 heteroatoms. The summed E-state index contributed by atoms with van der Waals surface area (Å²) < 4.78 is 6.58. The van der Waals surface area contributed by atoms with E-state index in [9.17, 15) is 0 Å². The minimum absolute atomic E-state index is 0.0856. The largest absolute Gasteiger partial charge is 0.492 e. The molecule has 0 saturated carbocycles. The maximum absolute atomic E-state index is 6.20. The quantitative estimate of drug-likeness (QED) is 0.627. The van der Waals surface area contributed by atoms with E-state index in [4.69, 9.17) is 39.5 Å². The van der Waals surface area contributed by atoms with Gasteiger partial charge in [0.2, 0.25) is 0 Å². The van der Waals surface area contributed by atoms with Crippen molar-refractivity contribution >= 4 is 56.4 Å². The Hall–Kier alpha value is -0.610. The average molecular weight is 408 g/mol. The Morgan fingerprint density at radius 3 is 2.67 bits per heavy atom. The van der Waals surface area contributed by atoms with Crippen LogP contribution >= 0.6 is 50.7 Å². The summed E-state index contributed by atoms with van der Waals surface area (Å²) >= 11 is 21.8. The van der Waals surface area contributed by atoms with Crippen LogP contribution in [0, 0.1) is 0 Å². The Kier molecular flexibility index (Phi) is 4.55. The van der Waals surface area contributed by atoms with Crippen LogP contribution < -0.4 is 10.1 Å². The van der Waals surface area contributed by atoms with Gasteiger partial charge in [0.05, 0.1) is 17.7 Å². The van der Waals surface area contributed by atoms with E-state index in [-0.39, 0.29) is 6.04 Å². The van der Waals surface area contributed by atoms with Gasteiger partial charge in [-0.3, -0.25) is 0 Å². The first-order chi connectivity index (χ1) is 10.0. The summed E-state index contributed by atoms with van der Waals surface area (Å²) in [4.78, 5) is 0. The fourth-order valence-corrected chi connectivity index (χ4v) is 3.73. The lowest BCUT2D eigenvalue weighted by Gasteiger charge is -2.28. The molecular weight excluding hydrogens is 396 g/mol. The third kappa shape index (κ3) is 3.26. The lowest BCUT2D eigenvalue weighted by atomic mass is 10.00. The van der Waals surface area contributed by atoms with Crippen molar-refractivity contribution in [3.8, 4) is 5.75 Å². The summed E-state index contributed by atoms with van der Waals surface area (Å²) in [6, 6.07) is 9.32. The average Bonchev–Trinajstić information content (AvgIpc) is 2.42. The molecule has 0 aromatic heterocycles. The van der Waals surface area contributed by atoms with Crippen molar-refractivity contribution in [2.24, 2.45) is 0 Å². The third-order valence-electron chi connectivity index (χ3n) is 3.33. The molecule has 1 N–H and O–H groups in total. The fourth-order valence-electron chi connectivity index (χ4n) is 2.37. The van der Waals surface area contributed by atoms with Crippen molar-refractivity contribution in [3.05, 3.63) is 55.4 Å². The van der Waals surface area contributed by atoms with Crippen LogP contribution in [-0.2, 0) is 0 Å². The maximum Gasteiger partial charge on any atom is 0.143 e. The Labute approximate surface area is 146 Å². The summed E-state index contributed by atoms with van der Waals surface area (Å²) in [5.41, 5.74) is 1.94. The molecule has 0 spiro atoms. The summed E-state index contributed by atoms with van der Waals surface area (Å²) in [6.07, 6.45) is 0.832. The van der Waals surface area contributed by atoms with Crippen LogP contribution in [0.5, 0.6) is 5.75 Å². The van der Waals surface area contributed by atoms with E-state index in [0.29, 0.717) is 27.4 Å². The maximum atomic E-state index is 6.20. The topological polar surface area (TPSA) is 21.3 Å². The number of hydrogen-bond acceptors (Lipinski definition) is 2. The van der Waals surface area contributed by atoms with E-state index < -0.39 is 0 Å². The Morgan fingerprint density at radius 2 is 1.90 bits per heavy atom. The molecule has 0 radical (unpaired) electrons. The van der Waals surface area contributed by atoms with Gasteiger partial charge >= 0.3 is 0 Å². The third-order valence-corrected chi connectivity index (χ3v) is 4.72. The molecule has 3 rings (SSSR count). The number of anilines is 1. The van der Waals surface area contributed by atoms with Crippen LogP contribution in [-0.4, -0.2) is 6.61 Å². The SMILES string of the molecule is Clc1ccc(NC2CCOc3c(Cl)cc(Cl)cc32)c(Br)c1. The zero-order chi connectivity index (χ0) is 15.0. The van der Waals surface area contributed by atoms with Crippen LogP contribution in [0.25, 0.3) is 0 Å². The lowest BCUT2D eigenvalue weighted by molar-refractivity contribution is 0.274. The Bertz CT molecular complexity index is 693. The minimum Gasteiger partial charge on any atom is -0.492 e. The minimum atomic E-state index is 0.0856. The number of fused-ring (bicyclic) bond motifs is 1. The molecule has 1 aliphatic heterocycles. The molecule has 0 bridgehead atoms. The second kappa shape index (κ2) is 6.25. The van der Waals surface area contributed by atoms with Crippen molar-refractivity contribution < 1.29 is 4.74 Å². The number of ether oxygens (including phenoxy) is 1. The molecule has 0 amide bonds. The van der Waals surface area contributed by atoms with E-state index in [2.05, 4.69) is 21.2 Å². The van der Waals surface area contributed by atoms with Crippen LogP contribution in [0.4, 0.5) is 5.69 Å². The first kappa shape index (κ1) is 15.3. The van der Waals surface area contributed by atoms with Crippen molar-refractivity contribution in [1.29, 1.82) is 0 Å². The monoisotopic (exact) mass is 405 g/mol. The van der Waals surface area contributed by atoms with Gasteiger partial charge in [-0.15, -0.1) is 0 Å². The van der Waals surface area contributed by atoms with Gasteiger partial charge in [-0.25, -0.2) is 0 Å². The molecule has 1 atom stereocenters. The zero-order valence-corrected chi connectivity index (χ0v) is 14.7. The van der Waals surface area contributed by atoms with Gasteiger partial charge < -0.3 is 10.1 Å². The highest BCUT2D eigenvalue weighted by molar-refractivity contribution is 9.10. The molecular formula is C15H11BrCl3NO. The van der Waals surface area contributed by atoms with Crippen LogP contribution in [0.3, 0.4) is 0 Å². The van der Waals surface area contributed by atoms with E-state index in [1.165, 1.54) is 0 Å². The van der Waals surface area contributed by atoms with Gasteiger partial charge in [0.15, 0.2) is 0 Å². The predicted octanol–water partition coefficient (Wildman–Crippen LogP) is 6.35. The molecule has 1 heterocycles. The predicted molar refractivity (Wildman–Crippen MR) is 92.1 cm³/mol. The number of nitrogens with one attached hydrogen (secondary N) is 1. The van der Waals surface area contributed by atoms with Crippen LogP contribution in [0.2, 0.25) is 15.1 Å². The summed E-state index contributed by atoms with van der Waals surface area (Å²) in [7, 11) is 0. The second-order valence-corrected chi connectivity index (χ2v) is 6.90. The van der Waals surface area contributed by atoms with Crippen LogP contribution in [0.15, 0.2) is 34.8 Å². The van der Waals surface area contributed by atoms with Gasteiger partial charge in [0, 0.05) is 32.2 Å². The highest BCUT2D eigenvalue weighted by Gasteiger charge is 2.24. The van der Waals surface area contributed by atoms with Gasteiger partial charge in [-0.05, 0) is 46.3 Å². The highest BCUT2D eigenvalue weighted by Crippen LogP contribution is 2.42. The molecule has 2 nitrogen and oxygen atoms in total. The molecule has 110 valence electrons. The van der Waals surface area contributed by atoms with E-state index in [0.717, 1.165) is 22.1 Å². The summed E-state index contributed by atoms with van der Waals surface area (Å²) in [6.45, 7) is 0.608. The molecule has 2 aromatic rings. The smallest absolute Gasteiger partial charge is 0.143 e. The first-order valence-corrected chi connectivity index (χ1v) is 8.30. The van der Waals surface area contributed by atoms with Crippen LogP contribution in [0.1, 0.15) is 18.0 Å². The van der Waals surface area contributed by atoms with Gasteiger partial charge in [0.25, 0.3) is 0 Å². The first-order valence-electron chi connectivity index (χ1n) is 6.38. The molecule has 0 aliphatic carbocycles. The normalized spacial score (nSPS) is 17.0. The molecule has 0 saturated heterocycles. The number of benzene rings is 2. The molecule has 1 aliphatic rings. The lowest BCUT2D eigenvalue weighted by Crippen LogP contribution is -2.20. The summed E-state index contributed by atoms with van der Waals surface area (Å²) in [5.74, 6) is 0.704. The highest BCUT2D eigenvalue weighted by atomic mass is 79.9. The van der Waals surface area contributed by atoms with Gasteiger partial charge in [-0.2, -0.15) is 0 Å². The van der Waals surface area contributed by atoms with E-state index >= 15 is 0 Å². The Balaban J connectivity index is 1.95. The standard InChI is InChI=1S/C15H11BrCl3NO/c16-11-6-8(17)1-2-14(11)20-13-3-4-21-15-10(13)5-9(18)7-12(15)19/h1-2,5-7,13,20H,3-4H2. The molecule has 0 fully saturated rings. The zero-order valence-electron chi connectivity index (χ0n) is 10.8. The fraction of sp³-hybridized carbons (Fsp3) is 0.200.